The minimum atomic E-state index is 0.961. The van der Waals surface area contributed by atoms with Gasteiger partial charge in [0.1, 0.15) is 18.0 Å². The van der Waals surface area contributed by atoms with Crippen molar-refractivity contribution in [2.45, 2.75) is 6.92 Å². The van der Waals surface area contributed by atoms with Crippen molar-refractivity contribution in [1.29, 1.82) is 0 Å². The number of anilines is 2. The van der Waals surface area contributed by atoms with Crippen LogP contribution >= 0.6 is 11.5 Å². The van der Waals surface area contributed by atoms with Gasteiger partial charge in [-0.1, -0.05) is 12.1 Å². The Kier molecular flexibility index (Phi) is 3.38. The molecular weight excluding hydrogens is 294 g/mol. The molecule has 0 atom stereocenters. The van der Waals surface area contributed by atoms with Crippen LogP contribution in [0.15, 0.2) is 36.7 Å². The lowest BCUT2D eigenvalue weighted by atomic mass is 10.2. The quantitative estimate of drug-likeness (QED) is 0.728. The van der Waals surface area contributed by atoms with Crippen molar-refractivity contribution >= 4 is 33.3 Å². The Labute approximate surface area is 133 Å². The van der Waals surface area contributed by atoms with Gasteiger partial charge in [0, 0.05) is 43.3 Å². The normalized spacial score (nSPS) is 15.5. The van der Waals surface area contributed by atoms with Crippen LogP contribution in [0.3, 0.4) is 0 Å². The fourth-order valence-corrected chi connectivity index (χ4v) is 3.66. The van der Waals surface area contributed by atoms with Crippen LogP contribution in [0.25, 0.3) is 10.1 Å². The third-order valence-electron chi connectivity index (χ3n) is 4.05. The van der Waals surface area contributed by atoms with Crippen molar-refractivity contribution < 1.29 is 0 Å². The molecule has 0 radical (unpaired) electrons. The molecule has 1 aromatic carbocycles. The molecule has 0 N–H and O–H groups in total. The lowest BCUT2D eigenvalue weighted by Crippen LogP contribution is -2.47. The maximum absolute atomic E-state index is 4.65. The molecule has 2 aromatic heterocycles. The first-order valence-electron chi connectivity index (χ1n) is 7.44. The number of hydrogen-bond acceptors (Lipinski definition) is 6. The highest BCUT2D eigenvalue weighted by molar-refractivity contribution is 7.13. The largest absolute Gasteiger partial charge is 0.353 e. The van der Waals surface area contributed by atoms with E-state index in [1.807, 2.05) is 13.0 Å². The van der Waals surface area contributed by atoms with Gasteiger partial charge in [-0.3, -0.25) is 0 Å². The Hall–Kier alpha value is -2.21. The van der Waals surface area contributed by atoms with Crippen LogP contribution in [0.2, 0.25) is 0 Å². The van der Waals surface area contributed by atoms with Gasteiger partial charge in [0.15, 0.2) is 0 Å². The Balaban J connectivity index is 1.52. The average molecular weight is 311 g/mol. The van der Waals surface area contributed by atoms with Crippen LogP contribution in [0, 0.1) is 6.92 Å². The standard InChI is InChI=1S/C16H17N5S/c1-12-10-15(18-11-17-12)20-6-8-21(9-7-20)16-13-4-2-3-5-14(13)22-19-16/h2-5,10-11H,6-9H2,1H3. The van der Waals surface area contributed by atoms with Gasteiger partial charge in [0.25, 0.3) is 0 Å². The topological polar surface area (TPSA) is 45.2 Å². The van der Waals surface area contributed by atoms with Gasteiger partial charge in [0.2, 0.25) is 0 Å². The summed E-state index contributed by atoms with van der Waals surface area (Å²) in [5, 5.41) is 1.26. The SMILES string of the molecule is Cc1cc(N2CCN(c3nsc4ccccc34)CC2)ncn1. The summed E-state index contributed by atoms with van der Waals surface area (Å²) in [7, 11) is 0. The maximum Gasteiger partial charge on any atom is 0.150 e. The third kappa shape index (κ3) is 2.39. The summed E-state index contributed by atoms with van der Waals surface area (Å²) < 4.78 is 5.91. The molecule has 3 heterocycles. The second-order valence-corrected chi connectivity index (χ2v) is 6.30. The summed E-state index contributed by atoms with van der Waals surface area (Å²) >= 11 is 1.58. The molecule has 1 saturated heterocycles. The fraction of sp³-hybridized carbons (Fsp3) is 0.312. The van der Waals surface area contributed by atoms with Crippen LogP contribution in [-0.2, 0) is 0 Å². The van der Waals surface area contributed by atoms with Crippen LogP contribution in [0.5, 0.6) is 0 Å². The molecule has 1 fully saturated rings. The second-order valence-electron chi connectivity index (χ2n) is 5.49. The van der Waals surface area contributed by atoms with E-state index in [1.54, 1.807) is 17.9 Å². The van der Waals surface area contributed by atoms with E-state index in [4.69, 9.17) is 0 Å². The van der Waals surface area contributed by atoms with Crippen molar-refractivity contribution in [3.05, 3.63) is 42.4 Å². The molecule has 1 aliphatic rings. The minimum absolute atomic E-state index is 0.961. The van der Waals surface area contributed by atoms with Crippen LogP contribution in [-0.4, -0.2) is 40.5 Å². The fourth-order valence-electron chi connectivity index (χ4n) is 2.86. The van der Waals surface area contributed by atoms with E-state index in [2.05, 4.69) is 48.4 Å². The molecule has 22 heavy (non-hydrogen) atoms. The minimum Gasteiger partial charge on any atom is -0.353 e. The summed E-state index contributed by atoms with van der Waals surface area (Å²) in [5.41, 5.74) is 1.01. The molecule has 3 aromatic rings. The molecule has 6 heteroatoms. The van der Waals surface area contributed by atoms with Crippen molar-refractivity contribution in [2.24, 2.45) is 0 Å². The van der Waals surface area contributed by atoms with Gasteiger partial charge in [0.05, 0.1) is 4.70 Å². The first-order chi connectivity index (χ1) is 10.8. The number of aromatic nitrogens is 3. The number of rotatable bonds is 2. The number of hydrogen-bond donors (Lipinski definition) is 0. The summed E-state index contributed by atoms with van der Waals surface area (Å²) in [5.74, 6) is 2.15. The summed E-state index contributed by atoms with van der Waals surface area (Å²) in [6, 6.07) is 10.5. The van der Waals surface area contributed by atoms with Crippen molar-refractivity contribution in [3.8, 4) is 0 Å². The lowest BCUT2D eigenvalue weighted by Gasteiger charge is -2.35. The van der Waals surface area contributed by atoms with Crippen LogP contribution < -0.4 is 9.80 Å². The zero-order valence-electron chi connectivity index (χ0n) is 12.4. The van der Waals surface area contributed by atoms with Gasteiger partial charge in [-0.15, -0.1) is 0 Å². The highest BCUT2D eigenvalue weighted by atomic mass is 32.1. The molecule has 5 nitrogen and oxygen atoms in total. The zero-order valence-corrected chi connectivity index (χ0v) is 13.3. The smallest absolute Gasteiger partial charge is 0.150 e. The molecule has 0 aliphatic carbocycles. The van der Waals surface area contributed by atoms with Gasteiger partial charge in [-0.2, -0.15) is 4.37 Å². The molecule has 0 spiro atoms. The van der Waals surface area contributed by atoms with Crippen LogP contribution in [0.1, 0.15) is 5.69 Å². The van der Waals surface area contributed by atoms with Gasteiger partial charge >= 0.3 is 0 Å². The first kappa shape index (κ1) is 13.5. The molecule has 4 rings (SSSR count). The van der Waals surface area contributed by atoms with Crippen LogP contribution in [0.4, 0.5) is 11.6 Å². The molecule has 1 aliphatic heterocycles. The summed E-state index contributed by atoms with van der Waals surface area (Å²) in [4.78, 5) is 13.2. The van der Waals surface area contributed by atoms with Gasteiger partial charge in [-0.25, -0.2) is 9.97 Å². The average Bonchev–Trinajstić information content (AvgIpc) is 2.99. The Morgan fingerprint density at radius 3 is 2.59 bits per heavy atom. The van der Waals surface area contributed by atoms with E-state index in [0.717, 1.165) is 43.5 Å². The third-order valence-corrected chi connectivity index (χ3v) is 4.87. The zero-order chi connectivity index (χ0) is 14.9. The highest BCUT2D eigenvalue weighted by Crippen LogP contribution is 2.30. The molecule has 0 bridgehead atoms. The molecule has 0 saturated carbocycles. The van der Waals surface area contributed by atoms with E-state index >= 15 is 0 Å². The van der Waals surface area contributed by atoms with Crippen molar-refractivity contribution in [2.75, 3.05) is 36.0 Å². The molecule has 0 amide bonds. The maximum atomic E-state index is 4.65. The predicted octanol–water partition coefficient (Wildman–Crippen LogP) is 2.72. The number of piperazine rings is 1. The first-order valence-corrected chi connectivity index (χ1v) is 8.21. The summed E-state index contributed by atoms with van der Waals surface area (Å²) in [6.45, 7) is 5.86. The second kappa shape index (κ2) is 5.53. The Morgan fingerprint density at radius 1 is 1.00 bits per heavy atom. The van der Waals surface area contributed by atoms with Crippen molar-refractivity contribution in [1.82, 2.24) is 14.3 Å². The number of fused-ring (bicyclic) bond motifs is 1. The Morgan fingerprint density at radius 2 is 1.77 bits per heavy atom. The monoisotopic (exact) mass is 311 g/mol. The van der Waals surface area contributed by atoms with E-state index < -0.39 is 0 Å². The van der Waals surface area contributed by atoms with E-state index in [9.17, 15) is 0 Å². The van der Waals surface area contributed by atoms with Crippen molar-refractivity contribution in [3.63, 3.8) is 0 Å². The molecule has 112 valence electrons. The highest BCUT2D eigenvalue weighted by Gasteiger charge is 2.21. The predicted molar refractivity (Wildman–Crippen MR) is 90.8 cm³/mol. The number of aryl methyl sites for hydroxylation is 1. The van der Waals surface area contributed by atoms with Gasteiger partial charge in [-0.05, 0) is 30.6 Å². The molecular formula is C16H17N5S. The number of benzene rings is 1. The summed E-state index contributed by atoms with van der Waals surface area (Å²) in [6.07, 6.45) is 1.64. The van der Waals surface area contributed by atoms with E-state index in [0.29, 0.717) is 0 Å². The Bertz CT molecular complexity index is 792. The van der Waals surface area contributed by atoms with E-state index in [-0.39, 0.29) is 0 Å². The number of nitrogens with zero attached hydrogens (tertiary/aromatic N) is 5. The van der Waals surface area contributed by atoms with E-state index in [1.165, 1.54) is 10.1 Å². The van der Waals surface area contributed by atoms with Gasteiger partial charge < -0.3 is 9.80 Å². The lowest BCUT2D eigenvalue weighted by molar-refractivity contribution is 0.644. The molecule has 0 unspecified atom stereocenters.